The highest BCUT2D eigenvalue weighted by Gasteiger charge is 2.27. The van der Waals surface area contributed by atoms with Crippen molar-refractivity contribution < 1.29 is 9.84 Å². The van der Waals surface area contributed by atoms with Crippen LogP contribution in [-0.4, -0.2) is 42.4 Å². The molecule has 1 aromatic rings. The summed E-state index contributed by atoms with van der Waals surface area (Å²) in [6.07, 6.45) is 1.67. The zero-order chi connectivity index (χ0) is 15.8. The molecule has 0 bridgehead atoms. The smallest absolute Gasteiger partial charge is 0.119 e. The van der Waals surface area contributed by atoms with Gasteiger partial charge in [-0.2, -0.15) is 0 Å². The maximum Gasteiger partial charge on any atom is 0.119 e. The summed E-state index contributed by atoms with van der Waals surface area (Å²) >= 11 is 0. The molecule has 0 aliphatic heterocycles. The highest BCUT2D eigenvalue weighted by molar-refractivity contribution is 5.31. The van der Waals surface area contributed by atoms with Gasteiger partial charge in [0.25, 0.3) is 0 Å². The van der Waals surface area contributed by atoms with Crippen molar-refractivity contribution in [1.29, 1.82) is 0 Å². The molecule has 0 saturated carbocycles. The van der Waals surface area contributed by atoms with Gasteiger partial charge < -0.3 is 15.6 Å². The third-order valence-electron chi connectivity index (χ3n) is 3.91. The molecule has 2 atom stereocenters. The van der Waals surface area contributed by atoms with Crippen molar-refractivity contribution in [2.24, 2.45) is 5.73 Å². The normalized spacial score (nSPS) is 14.5. The van der Waals surface area contributed by atoms with Crippen LogP contribution in [0.25, 0.3) is 0 Å². The number of aliphatic hydroxyl groups is 1. The molecule has 120 valence electrons. The van der Waals surface area contributed by atoms with Gasteiger partial charge in [0, 0.05) is 25.2 Å². The highest BCUT2D eigenvalue weighted by Crippen LogP contribution is 2.29. The van der Waals surface area contributed by atoms with Crippen molar-refractivity contribution in [3.63, 3.8) is 0 Å². The van der Waals surface area contributed by atoms with E-state index in [0.29, 0.717) is 6.04 Å². The first-order valence-corrected chi connectivity index (χ1v) is 7.81. The second-order valence-corrected chi connectivity index (χ2v) is 5.70. The van der Waals surface area contributed by atoms with Gasteiger partial charge in [0.15, 0.2) is 0 Å². The van der Waals surface area contributed by atoms with Crippen LogP contribution in [0, 0.1) is 0 Å². The van der Waals surface area contributed by atoms with E-state index in [9.17, 15) is 0 Å². The van der Waals surface area contributed by atoms with Crippen molar-refractivity contribution in [2.45, 2.75) is 51.7 Å². The molecule has 2 unspecified atom stereocenters. The predicted molar refractivity (Wildman–Crippen MR) is 87.5 cm³/mol. The lowest BCUT2D eigenvalue weighted by Gasteiger charge is -2.38. The van der Waals surface area contributed by atoms with Crippen LogP contribution in [0.2, 0.25) is 0 Å². The number of aliphatic hydroxyl groups excluding tert-OH is 1. The molecule has 4 nitrogen and oxygen atoms in total. The van der Waals surface area contributed by atoms with E-state index in [1.54, 1.807) is 7.11 Å². The summed E-state index contributed by atoms with van der Waals surface area (Å²) in [5.41, 5.74) is 7.58. The molecule has 0 heterocycles. The Hall–Kier alpha value is -1.10. The summed E-state index contributed by atoms with van der Waals surface area (Å²) in [6.45, 7) is 7.50. The van der Waals surface area contributed by atoms with Gasteiger partial charge in [-0.3, -0.25) is 4.90 Å². The molecule has 0 radical (unpaired) electrons. The van der Waals surface area contributed by atoms with Gasteiger partial charge in [0.1, 0.15) is 5.75 Å². The number of methoxy groups -OCH3 is 1. The van der Waals surface area contributed by atoms with E-state index >= 15 is 0 Å². The molecule has 21 heavy (non-hydrogen) atoms. The molecule has 1 rings (SSSR count). The predicted octanol–water partition coefficient (Wildman–Crippen LogP) is 2.57. The number of nitrogens with zero attached hydrogens (tertiary/aromatic N) is 1. The Morgan fingerprint density at radius 1 is 1.33 bits per heavy atom. The Balaban J connectivity index is 3.12. The minimum absolute atomic E-state index is 0.0539. The minimum atomic E-state index is 0.0539. The first-order valence-electron chi connectivity index (χ1n) is 7.81. The van der Waals surface area contributed by atoms with E-state index in [1.807, 2.05) is 12.1 Å². The molecule has 0 aliphatic carbocycles. The number of hydrogen-bond donors (Lipinski definition) is 2. The topological polar surface area (TPSA) is 58.7 Å². The largest absolute Gasteiger partial charge is 0.497 e. The van der Waals surface area contributed by atoms with Crippen LogP contribution in [0.4, 0.5) is 0 Å². The Kier molecular flexibility index (Phi) is 7.72. The number of benzene rings is 1. The first-order chi connectivity index (χ1) is 10.0. The van der Waals surface area contributed by atoms with Gasteiger partial charge >= 0.3 is 0 Å². The Morgan fingerprint density at radius 3 is 2.57 bits per heavy atom. The average Bonchev–Trinajstić information content (AvgIpc) is 2.50. The van der Waals surface area contributed by atoms with E-state index in [-0.39, 0.29) is 18.7 Å². The maximum atomic E-state index is 9.15. The Morgan fingerprint density at radius 2 is 2.05 bits per heavy atom. The van der Waals surface area contributed by atoms with Gasteiger partial charge in [0.2, 0.25) is 0 Å². The Bertz CT molecular complexity index is 410. The van der Waals surface area contributed by atoms with Crippen molar-refractivity contribution in [1.82, 2.24) is 4.90 Å². The lowest BCUT2D eigenvalue weighted by Crippen LogP contribution is -2.44. The standard InChI is InChI=1S/C17H30N2O2/c1-5-16(18)17(19(13(2)3)10-7-11-20)14-8-6-9-15(12-14)21-4/h6,8-9,12-13,16-17,20H,5,7,10-11,18H2,1-4H3. The fraction of sp³-hybridized carbons (Fsp3) is 0.647. The van der Waals surface area contributed by atoms with Crippen molar-refractivity contribution in [2.75, 3.05) is 20.3 Å². The van der Waals surface area contributed by atoms with Crippen LogP contribution in [0.15, 0.2) is 24.3 Å². The highest BCUT2D eigenvalue weighted by atomic mass is 16.5. The molecule has 0 aromatic heterocycles. The first kappa shape index (κ1) is 18.0. The second-order valence-electron chi connectivity index (χ2n) is 5.70. The molecule has 3 N–H and O–H groups in total. The number of nitrogens with two attached hydrogens (primary N) is 1. The second kappa shape index (κ2) is 9.03. The average molecular weight is 294 g/mol. The van der Waals surface area contributed by atoms with Gasteiger partial charge in [0.05, 0.1) is 13.2 Å². The van der Waals surface area contributed by atoms with E-state index < -0.39 is 0 Å². The maximum absolute atomic E-state index is 9.15. The molecule has 4 heteroatoms. The van der Waals surface area contributed by atoms with E-state index in [2.05, 4.69) is 37.8 Å². The number of rotatable bonds is 9. The quantitative estimate of drug-likeness (QED) is 0.735. The molecule has 0 saturated heterocycles. The van der Waals surface area contributed by atoms with E-state index in [0.717, 1.165) is 25.1 Å². The number of hydrogen-bond acceptors (Lipinski definition) is 4. The molecular formula is C17H30N2O2. The van der Waals surface area contributed by atoms with Crippen LogP contribution in [0.5, 0.6) is 5.75 Å². The molecule has 0 aliphatic rings. The lowest BCUT2D eigenvalue weighted by molar-refractivity contribution is 0.118. The fourth-order valence-corrected chi connectivity index (χ4v) is 2.71. The summed E-state index contributed by atoms with van der Waals surface area (Å²) in [4.78, 5) is 2.37. The summed E-state index contributed by atoms with van der Waals surface area (Å²) in [5.74, 6) is 0.853. The minimum Gasteiger partial charge on any atom is -0.497 e. The summed E-state index contributed by atoms with van der Waals surface area (Å²) < 4.78 is 5.34. The monoisotopic (exact) mass is 294 g/mol. The van der Waals surface area contributed by atoms with Gasteiger partial charge in [-0.1, -0.05) is 19.1 Å². The third kappa shape index (κ3) is 4.99. The van der Waals surface area contributed by atoms with Crippen LogP contribution in [-0.2, 0) is 0 Å². The van der Waals surface area contributed by atoms with Crippen molar-refractivity contribution in [3.8, 4) is 5.75 Å². The fourth-order valence-electron chi connectivity index (χ4n) is 2.71. The van der Waals surface area contributed by atoms with E-state index in [4.69, 9.17) is 15.6 Å². The lowest BCUT2D eigenvalue weighted by atomic mass is 9.94. The molecule has 1 aromatic carbocycles. The Labute approximate surface area is 128 Å². The summed E-state index contributed by atoms with van der Waals surface area (Å²) in [5, 5.41) is 9.15. The van der Waals surface area contributed by atoms with Crippen molar-refractivity contribution >= 4 is 0 Å². The SMILES string of the molecule is CCC(N)C(c1cccc(OC)c1)N(CCCO)C(C)C. The van der Waals surface area contributed by atoms with Gasteiger partial charge in [-0.15, -0.1) is 0 Å². The van der Waals surface area contributed by atoms with Gasteiger partial charge in [-0.05, 0) is 44.4 Å². The van der Waals surface area contributed by atoms with Crippen molar-refractivity contribution in [3.05, 3.63) is 29.8 Å². The molecule has 0 amide bonds. The molecular weight excluding hydrogens is 264 g/mol. The zero-order valence-electron chi connectivity index (χ0n) is 13.7. The summed E-state index contributed by atoms with van der Waals surface area (Å²) in [6, 6.07) is 8.69. The third-order valence-corrected chi connectivity index (χ3v) is 3.91. The zero-order valence-corrected chi connectivity index (χ0v) is 13.7. The van der Waals surface area contributed by atoms with Crippen LogP contribution in [0.1, 0.15) is 45.2 Å². The summed E-state index contributed by atoms with van der Waals surface area (Å²) in [7, 11) is 1.68. The molecule has 0 spiro atoms. The van der Waals surface area contributed by atoms with Gasteiger partial charge in [-0.25, -0.2) is 0 Å². The molecule has 0 fully saturated rings. The number of ether oxygens (including phenoxy) is 1. The van der Waals surface area contributed by atoms with Crippen LogP contribution < -0.4 is 10.5 Å². The van der Waals surface area contributed by atoms with Crippen LogP contribution >= 0.6 is 0 Å². The van der Waals surface area contributed by atoms with Crippen LogP contribution in [0.3, 0.4) is 0 Å². The van der Waals surface area contributed by atoms with E-state index in [1.165, 1.54) is 5.56 Å².